The van der Waals surface area contributed by atoms with Gasteiger partial charge < -0.3 is 0 Å². The van der Waals surface area contributed by atoms with Gasteiger partial charge in [0.25, 0.3) is 0 Å². The summed E-state index contributed by atoms with van der Waals surface area (Å²) in [4.78, 5) is 0.242. The second kappa shape index (κ2) is 4.50. The molecule has 0 aliphatic carbocycles. The second-order valence-corrected chi connectivity index (χ2v) is 5.72. The molecule has 1 aromatic heterocycles. The second-order valence-electron chi connectivity index (χ2n) is 3.44. The van der Waals surface area contributed by atoms with Gasteiger partial charge in [0.05, 0.1) is 4.90 Å². The van der Waals surface area contributed by atoms with Crippen molar-refractivity contribution in [2.75, 3.05) is 0 Å². The average Bonchev–Trinajstić information content (AvgIpc) is 2.72. The Labute approximate surface area is 105 Å². The molecule has 0 aliphatic heterocycles. The van der Waals surface area contributed by atoms with Crippen molar-refractivity contribution in [2.24, 2.45) is 0 Å². The molecule has 6 heteroatoms. The van der Waals surface area contributed by atoms with Crippen LogP contribution < -0.4 is 0 Å². The summed E-state index contributed by atoms with van der Waals surface area (Å²) in [6.07, 6.45) is 0. The van der Waals surface area contributed by atoms with Gasteiger partial charge in [0.15, 0.2) is 10.2 Å². The quantitative estimate of drug-likeness (QED) is 0.860. The highest BCUT2D eigenvalue weighted by atomic mass is 35.5. The van der Waals surface area contributed by atoms with Crippen LogP contribution in [-0.2, 0) is 16.4 Å². The van der Waals surface area contributed by atoms with Crippen LogP contribution in [0, 0.1) is 0 Å². The minimum Gasteiger partial charge on any atom is -0.253 e. The highest BCUT2D eigenvalue weighted by Gasteiger charge is 2.22. The van der Waals surface area contributed by atoms with Gasteiger partial charge in [-0.3, -0.25) is 4.68 Å². The average molecular weight is 271 g/mol. The summed E-state index contributed by atoms with van der Waals surface area (Å²) in [6, 6.07) is 9.60. The number of aryl methyl sites for hydroxylation is 1. The highest BCUT2D eigenvalue weighted by Crippen LogP contribution is 2.22. The molecule has 0 aliphatic rings. The molecule has 4 nitrogen and oxygen atoms in total. The number of aromatic nitrogens is 2. The van der Waals surface area contributed by atoms with Crippen molar-refractivity contribution >= 4 is 21.4 Å². The third-order valence-electron chi connectivity index (χ3n) is 2.34. The molecular formula is C11H11ClN2O2S. The molecule has 0 saturated heterocycles. The van der Waals surface area contributed by atoms with E-state index in [4.69, 9.17) is 11.6 Å². The standard InChI is InChI=1S/C11H11ClN2O2S/c1-2-14-11(8-10(12)13-14)17(15,16)9-6-4-3-5-7-9/h3-8H,2H2,1H3. The summed E-state index contributed by atoms with van der Waals surface area (Å²) in [7, 11) is -3.54. The Morgan fingerprint density at radius 1 is 1.29 bits per heavy atom. The minimum atomic E-state index is -3.54. The van der Waals surface area contributed by atoms with Crippen molar-refractivity contribution in [2.45, 2.75) is 23.4 Å². The summed E-state index contributed by atoms with van der Waals surface area (Å²) in [5.41, 5.74) is 0. The Morgan fingerprint density at radius 3 is 2.53 bits per heavy atom. The van der Waals surface area contributed by atoms with Gasteiger partial charge in [0.1, 0.15) is 0 Å². The fourth-order valence-corrected chi connectivity index (χ4v) is 3.26. The Balaban J connectivity index is 2.60. The normalized spacial score (nSPS) is 11.6. The first kappa shape index (κ1) is 12.1. The van der Waals surface area contributed by atoms with E-state index in [1.165, 1.54) is 10.7 Å². The van der Waals surface area contributed by atoms with Gasteiger partial charge in [0.2, 0.25) is 9.84 Å². The molecule has 1 heterocycles. The van der Waals surface area contributed by atoms with Crippen molar-refractivity contribution in [1.82, 2.24) is 9.78 Å². The molecule has 0 bridgehead atoms. The van der Waals surface area contributed by atoms with E-state index in [-0.39, 0.29) is 15.1 Å². The molecule has 2 rings (SSSR count). The van der Waals surface area contributed by atoms with Crippen molar-refractivity contribution in [3.63, 3.8) is 0 Å². The number of hydrogen-bond donors (Lipinski definition) is 0. The molecule has 0 atom stereocenters. The van der Waals surface area contributed by atoms with Gasteiger partial charge in [-0.1, -0.05) is 29.8 Å². The zero-order valence-electron chi connectivity index (χ0n) is 9.17. The number of sulfone groups is 1. The Morgan fingerprint density at radius 2 is 1.94 bits per heavy atom. The van der Waals surface area contributed by atoms with E-state index < -0.39 is 9.84 Å². The fraction of sp³-hybridized carbons (Fsp3) is 0.182. The Hall–Kier alpha value is -1.33. The van der Waals surface area contributed by atoms with Gasteiger partial charge in [-0.15, -0.1) is 0 Å². The van der Waals surface area contributed by atoms with Crippen LogP contribution in [0.2, 0.25) is 5.15 Å². The van der Waals surface area contributed by atoms with E-state index >= 15 is 0 Å². The monoisotopic (exact) mass is 270 g/mol. The molecule has 0 radical (unpaired) electrons. The number of benzene rings is 1. The summed E-state index contributed by atoms with van der Waals surface area (Å²) in [6.45, 7) is 2.27. The number of halogens is 1. The first-order valence-corrected chi connectivity index (χ1v) is 6.95. The molecule has 0 fully saturated rings. The Bertz CT molecular complexity index is 620. The molecule has 0 unspecified atom stereocenters. The van der Waals surface area contributed by atoms with Gasteiger partial charge in [-0.2, -0.15) is 5.10 Å². The van der Waals surface area contributed by atoms with Crippen LogP contribution in [0.25, 0.3) is 0 Å². The minimum absolute atomic E-state index is 0.121. The van der Waals surface area contributed by atoms with Gasteiger partial charge >= 0.3 is 0 Å². The number of nitrogens with zero attached hydrogens (tertiary/aromatic N) is 2. The van der Waals surface area contributed by atoms with Crippen LogP contribution in [0.1, 0.15) is 6.92 Å². The largest absolute Gasteiger partial charge is 0.253 e. The summed E-state index contributed by atoms with van der Waals surface area (Å²) >= 11 is 5.74. The number of hydrogen-bond acceptors (Lipinski definition) is 3. The summed E-state index contributed by atoms with van der Waals surface area (Å²) < 4.78 is 26.0. The lowest BCUT2D eigenvalue weighted by atomic mass is 10.4. The van der Waals surface area contributed by atoms with E-state index in [0.717, 1.165) is 0 Å². The van der Waals surface area contributed by atoms with Gasteiger partial charge in [0, 0.05) is 12.6 Å². The molecule has 0 saturated carbocycles. The van der Waals surface area contributed by atoms with Gasteiger partial charge in [-0.05, 0) is 19.1 Å². The molecular weight excluding hydrogens is 260 g/mol. The van der Waals surface area contributed by atoms with Crippen molar-refractivity contribution in [1.29, 1.82) is 0 Å². The zero-order chi connectivity index (χ0) is 12.5. The predicted octanol–water partition coefficient (Wildman–Crippen LogP) is 2.39. The highest BCUT2D eigenvalue weighted by molar-refractivity contribution is 7.91. The van der Waals surface area contributed by atoms with Crippen molar-refractivity contribution in [3.8, 4) is 0 Å². The lowest BCUT2D eigenvalue weighted by Crippen LogP contribution is -2.10. The van der Waals surface area contributed by atoms with E-state index in [9.17, 15) is 8.42 Å². The summed E-state index contributed by atoms with van der Waals surface area (Å²) in [5.74, 6) is 0. The topological polar surface area (TPSA) is 52.0 Å². The molecule has 0 spiro atoms. The van der Waals surface area contributed by atoms with E-state index in [0.29, 0.717) is 6.54 Å². The van der Waals surface area contributed by atoms with Crippen LogP contribution in [0.4, 0.5) is 0 Å². The van der Waals surface area contributed by atoms with Crippen LogP contribution in [0.5, 0.6) is 0 Å². The van der Waals surface area contributed by atoms with Crippen LogP contribution in [0.15, 0.2) is 46.3 Å². The molecule has 90 valence electrons. The van der Waals surface area contributed by atoms with E-state index in [1.807, 2.05) is 6.92 Å². The smallest absolute Gasteiger partial charge is 0.223 e. The predicted molar refractivity (Wildman–Crippen MR) is 64.8 cm³/mol. The lowest BCUT2D eigenvalue weighted by molar-refractivity contribution is 0.554. The van der Waals surface area contributed by atoms with E-state index in [2.05, 4.69) is 5.10 Å². The van der Waals surface area contributed by atoms with Gasteiger partial charge in [-0.25, -0.2) is 8.42 Å². The van der Waals surface area contributed by atoms with Crippen LogP contribution >= 0.6 is 11.6 Å². The van der Waals surface area contributed by atoms with Crippen LogP contribution in [-0.4, -0.2) is 18.2 Å². The van der Waals surface area contributed by atoms with Crippen LogP contribution in [0.3, 0.4) is 0 Å². The third kappa shape index (κ3) is 2.21. The fourth-order valence-electron chi connectivity index (χ4n) is 1.53. The number of rotatable bonds is 3. The first-order valence-electron chi connectivity index (χ1n) is 5.09. The zero-order valence-corrected chi connectivity index (χ0v) is 10.7. The maximum Gasteiger partial charge on any atom is 0.223 e. The molecule has 17 heavy (non-hydrogen) atoms. The van der Waals surface area contributed by atoms with Crippen molar-refractivity contribution in [3.05, 3.63) is 41.6 Å². The first-order chi connectivity index (χ1) is 8.05. The Kier molecular flexibility index (Phi) is 3.22. The molecule has 0 amide bonds. The molecule has 0 N–H and O–H groups in total. The maximum absolute atomic E-state index is 12.3. The molecule has 1 aromatic carbocycles. The van der Waals surface area contributed by atoms with Crippen molar-refractivity contribution < 1.29 is 8.42 Å². The SMILES string of the molecule is CCn1nc(Cl)cc1S(=O)(=O)c1ccccc1. The maximum atomic E-state index is 12.3. The third-order valence-corrected chi connectivity index (χ3v) is 4.30. The lowest BCUT2D eigenvalue weighted by Gasteiger charge is -2.05. The molecule has 2 aromatic rings. The van der Waals surface area contributed by atoms with E-state index in [1.54, 1.807) is 30.3 Å². The summed E-state index contributed by atoms with van der Waals surface area (Å²) in [5, 5.41) is 4.23.